The molecule has 1 rings (SSSR count). The number of hydrogen-bond donors (Lipinski definition) is 1. The molecule has 2 unspecified atom stereocenters. The van der Waals surface area contributed by atoms with Gasteiger partial charge in [-0.2, -0.15) is 0 Å². The third-order valence-electron chi connectivity index (χ3n) is 4.25. The van der Waals surface area contributed by atoms with Crippen LogP contribution in [0.2, 0.25) is 0 Å². The molecule has 1 aliphatic rings. The van der Waals surface area contributed by atoms with E-state index >= 15 is 0 Å². The van der Waals surface area contributed by atoms with Crippen molar-refractivity contribution in [2.75, 3.05) is 6.54 Å². The normalized spacial score (nSPS) is 22.8. The Morgan fingerprint density at radius 1 is 1.05 bits per heavy atom. The first-order chi connectivity index (χ1) is 9.99. The number of piperazine rings is 1. The first-order valence-electron chi connectivity index (χ1n) is 8.59. The van der Waals surface area contributed by atoms with Gasteiger partial charge in [0.15, 0.2) is 0 Å². The van der Waals surface area contributed by atoms with Gasteiger partial charge in [-0.25, -0.2) is 0 Å². The number of carbonyl (C=O) groups excluding carboxylic acids is 2. The lowest BCUT2D eigenvalue weighted by Gasteiger charge is -2.40. The maximum absolute atomic E-state index is 12.3. The van der Waals surface area contributed by atoms with Gasteiger partial charge in [0.2, 0.25) is 11.8 Å². The predicted octanol–water partition coefficient (Wildman–Crippen LogP) is 3.11. The van der Waals surface area contributed by atoms with Crippen LogP contribution in [-0.4, -0.2) is 35.3 Å². The van der Waals surface area contributed by atoms with Gasteiger partial charge in [0.05, 0.1) is 0 Å². The SMILES string of the molecule is CCCCCCCCCN1C(=O)C(C)NC(=O)C1C(C)C. The summed E-state index contributed by atoms with van der Waals surface area (Å²) in [6.07, 6.45) is 8.56. The summed E-state index contributed by atoms with van der Waals surface area (Å²) in [5, 5.41) is 2.79. The van der Waals surface area contributed by atoms with Crippen LogP contribution in [0.3, 0.4) is 0 Å². The predicted molar refractivity (Wildman–Crippen MR) is 85.9 cm³/mol. The molecule has 1 fully saturated rings. The van der Waals surface area contributed by atoms with Crippen molar-refractivity contribution >= 4 is 11.8 Å². The lowest BCUT2D eigenvalue weighted by atomic mass is 9.97. The first-order valence-corrected chi connectivity index (χ1v) is 8.59. The molecular weight excluding hydrogens is 264 g/mol. The Hall–Kier alpha value is -1.06. The van der Waals surface area contributed by atoms with Gasteiger partial charge in [-0.3, -0.25) is 9.59 Å². The molecule has 4 heteroatoms. The number of hydrogen-bond acceptors (Lipinski definition) is 2. The Bertz CT molecular complexity index is 342. The molecule has 1 aliphatic heterocycles. The van der Waals surface area contributed by atoms with Crippen LogP contribution in [-0.2, 0) is 9.59 Å². The van der Waals surface area contributed by atoms with Crippen LogP contribution in [0.25, 0.3) is 0 Å². The van der Waals surface area contributed by atoms with Crippen molar-refractivity contribution in [2.45, 2.75) is 84.7 Å². The van der Waals surface area contributed by atoms with Gasteiger partial charge >= 0.3 is 0 Å². The molecule has 0 aromatic carbocycles. The van der Waals surface area contributed by atoms with Gasteiger partial charge in [-0.1, -0.05) is 59.3 Å². The third-order valence-corrected chi connectivity index (χ3v) is 4.25. The second-order valence-electron chi connectivity index (χ2n) is 6.57. The number of nitrogens with zero attached hydrogens (tertiary/aromatic N) is 1. The highest BCUT2D eigenvalue weighted by Crippen LogP contribution is 2.18. The molecular formula is C17H32N2O2. The van der Waals surface area contributed by atoms with Crippen LogP contribution in [0.15, 0.2) is 0 Å². The summed E-state index contributed by atoms with van der Waals surface area (Å²) >= 11 is 0. The van der Waals surface area contributed by atoms with E-state index in [2.05, 4.69) is 12.2 Å². The van der Waals surface area contributed by atoms with E-state index in [0.29, 0.717) is 6.54 Å². The molecule has 4 nitrogen and oxygen atoms in total. The lowest BCUT2D eigenvalue weighted by Crippen LogP contribution is -2.64. The minimum atomic E-state index is -0.378. The standard InChI is InChI=1S/C17H32N2O2/c1-5-6-7-8-9-10-11-12-19-15(13(2)3)16(20)18-14(4)17(19)21/h13-15H,5-12H2,1-4H3,(H,18,20). The Balaban J connectivity index is 2.41. The minimum Gasteiger partial charge on any atom is -0.343 e. The minimum absolute atomic E-state index is 0.0000424. The molecule has 21 heavy (non-hydrogen) atoms. The number of carbonyl (C=O) groups is 2. The molecule has 1 heterocycles. The third kappa shape index (κ3) is 5.33. The van der Waals surface area contributed by atoms with E-state index in [9.17, 15) is 9.59 Å². The Kier molecular flexibility index (Phi) is 7.76. The second-order valence-corrected chi connectivity index (χ2v) is 6.57. The van der Waals surface area contributed by atoms with Crippen molar-refractivity contribution in [1.29, 1.82) is 0 Å². The summed E-state index contributed by atoms with van der Waals surface area (Å²) in [7, 11) is 0. The fourth-order valence-electron chi connectivity index (χ4n) is 3.04. The fraction of sp³-hybridized carbons (Fsp3) is 0.882. The van der Waals surface area contributed by atoms with E-state index in [0.717, 1.165) is 12.8 Å². The van der Waals surface area contributed by atoms with Gasteiger partial charge in [0, 0.05) is 6.54 Å². The van der Waals surface area contributed by atoms with Gasteiger partial charge in [0.1, 0.15) is 12.1 Å². The largest absolute Gasteiger partial charge is 0.343 e. The topological polar surface area (TPSA) is 49.4 Å². The zero-order valence-corrected chi connectivity index (χ0v) is 14.2. The summed E-state index contributed by atoms with van der Waals surface area (Å²) < 4.78 is 0. The molecule has 0 bridgehead atoms. The molecule has 0 spiro atoms. The summed E-state index contributed by atoms with van der Waals surface area (Å²) in [5.74, 6) is 0.227. The maximum atomic E-state index is 12.3. The molecule has 0 aliphatic carbocycles. The number of nitrogens with one attached hydrogen (secondary N) is 1. The van der Waals surface area contributed by atoms with E-state index in [1.165, 1.54) is 32.1 Å². The molecule has 0 radical (unpaired) electrons. The average Bonchev–Trinajstić information content (AvgIpc) is 2.42. The smallest absolute Gasteiger partial charge is 0.245 e. The second kappa shape index (κ2) is 9.06. The van der Waals surface area contributed by atoms with Gasteiger partial charge in [0.25, 0.3) is 0 Å². The van der Waals surface area contributed by atoms with Crippen LogP contribution in [0, 0.1) is 5.92 Å². The molecule has 2 amide bonds. The van der Waals surface area contributed by atoms with E-state index < -0.39 is 0 Å². The number of amides is 2. The zero-order valence-electron chi connectivity index (χ0n) is 14.2. The van der Waals surface area contributed by atoms with Crippen molar-refractivity contribution < 1.29 is 9.59 Å². The highest BCUT2D eigenvalue weighted by Gasteiger charge is 2.39. The average molecular weight is 296 g/mol. The van der Waals surface area contributed by atoms with Gasteiger partial charge < -0.3 is 10.2 Å². The Labute approximate surface area is 129 Å². The van der Waals surface area contributed by atoms with Crippen molar-refractivity contribution in [3.63, 3.8) is 0 Å². The number of unbranched alkanes of at least 4 members (excludes halogenated alkanes) is 6. The molecule has 1 saturated heterocycles. The lowest BCUT2D eigenvalue weighted by molar-refractivity contribution is -0.150. The van der Waals surface area contributed by atoms with Gasteiger partial charge in [-0.15, -0.1) is 0 Å². The van der Waals surface area contributed by atoms with Crippen molar-refractivity contribution in [2.24, 2.45) is 5.92 Å². The van der Waals surface area contributed by atoms with Crippen LogP contribution in [0.4, 0.5) is 0 Å². The van der Waals surface area contributed by atoms with Gasteiger partial charge in [-0.05, 0) is 19.3 Å². The molecule has 2 atom stereocenters. The van der Waals surface area contributed by atoms with E-state index in [4.69, 9.17) is 0 Å². The highest BCUT2D eigenvalue weighted by atomic mass is 16.2. The van der Waals surface area contributed by atoms with Crippen LogP contribution in [0.1, 0.15) is 72.6 Å². The fourth-order valence-corrected chi connectivity index (χ4v) is 3.04. The Morgan fingerprint density at radius 2 is 1.62 bits per heavy atom. The van der Waals surface area contributed by atoms with Crippen LogP contribution >= 0.6 is 0 Å². The summed E-state index contributed by atoms with van der Waals surface area (Å²) in [6.45, 7) is 8.72. The molecule has 122 valence electrons. The molecule has 0 saturated carbocycles. The van der Waals surface area contributed by atoms with Crippen molar-refractivity contribution in [3.05, 3.63) is 0 Å². The summed E-state index contributed by atoms with van der Waals surface area (Å²) in [5.41, 5.74) is 0. The monoisotopic (exact) mass is 296 g/mol. The van der Waals surface area contributed by atoms with E-state index in [1.54, 1.807) is 11.8 Å². The van der Waals surface area contributed by atoms with Crippen molar-refractivity contribution in [3.8, 4) is 0 Å². The summed E-state index contributed by atoms with van der Waals surface area (Å²) in [4.78, 5) is 26.2. The van der Waals surface area contributed by atoms with Crippen LogP contribution in [0.5, 0.6) is 0 Å². The zero-order chi connectivity index (χ0) is 15.8. The maximum Gasteiger partial charge on any atom is 0.245 e. The van der Waals surface area contributed by atoms with Crippen molar-refractivity contribution in [1.82, 2.24) is 10.2 Å². The quantitative estimate of drug-likeness (QED) is 0.665. The van der Waals surface area contributed by atoms with E-state index in [-0.39, 0.29) is 29.8 Å². The molecule has 1 N–H and O–H groups in total. The van der Waals surface area contributed by atoms with E-state index in [1.807, 2.05) is 13.8 Å². The molecule has 0 aromatic heterocycles. The summed E-state index contributed by atoms with van der Waals surface area (Å²) in [6, 6.07) is -0.675. The molecule has 0 aromatic rings. The Morgan fingerprint density at radius 3 is 2.19 bits per heavy atom. The number of rotatable bonds is 9. The first kappa shape index (κ1) is 18.0. The highest BCUT2D eigenvalue weighted by molar-refractivity contribution is 5.96. The van der Waals surface area contributed by atoms with Crippen LogP contribution < -0.4 is 5.32 Å².